The Morgan fingerprint density at radius 2 is 1.55 bits per heavy atom. The summed E-state index contributed by atoms with van der Waals surface area (Å²) in [6, 6.07) is 5.57. The lowest BCUT2D eigenvalue weighted by atomic mass is 10.2. The molecule has 0 N–H and O–H groups in total. The van der Waals surface area contributed by atoms with E-state index in [0.717, 1.165) is 44.5 Å². The van der Waals surface area contributed by atoms with E-state index in [1.54, 1.807) is 0 Å². The summed E-state index contributed by atoms with van der Waals surface area (Å²) in [5, 5.41) is 0. The molecule has 0 bridgehead atoms. The van der Waals surface area contributed by atoms with Crippen LogP contribution < -0.4 is 9.47 Å². The van der Waals surface area contributed by atoms with Crippen molar-refractivity contribution in [1.29, 1.82) is 0 Å². The van der Waals surface area contributed by atoms with Crippen LogP contribution in [0.2, 0.25) is 0 Å². The molecule has 0 radical (unpaired) electrons. The van der Waals surface area contributed by atoms with E-state index in [0.29, 0.717) is 37.9 Å². The van der Waals surface area contributed by atoms with Crippen LogP contribution >= 0.6 is 7.60 Å². The van der Waals surface area contributed by atoms with Crippen molar-refractivity contribution in [3.05, 3.63) is 23.8 Å². The number of unbranched alkanes of at least 4 members (excludes halogenated alkanes) is 2. The smallest absolute Gasteiger partial charge is 0.335 e. The van der Waals surface area contributed by atoms with Crippen molar-refractivity contribution in [1.82, 2.24) is 0 Å². The Kier molecular flexibility index (Phi) is 8.82. The normalized spacial score (nSPS) is 20.5. The van der Waals surface area contributed by atoms with E-state index in [4.69, 9.17) is 28.0 Å². The first kappa shape index (κ1) is 22.6. The zero-order valence-corrected chi connectivity index (χ0v) is 18.4. The topological polar surface area (TPSA) is 79.1 Å². The minimum atomic E-state index is -3.30. The molecule has 0 amide bonds. The van der Waals surface area contributed by atoms with Gasteiger partial charge in [-0.2, -0.15) is 0 Å². The van der Waals surface area contributed by atoms with Gasteiger partial charge in [0.25, 0.3) is 0 Å². The zero-order valence-electron chi connectivity index (χ0n) is 17.5. The summed E-state index contributed by atoms with van der Waals surface area (Å²) >= 11 is 0. The summed E-state index contributed by atoms with van der Waals surface area (Å²) in [5.41, 5.74) is 0.760. The molecule has 2 aliphatic heterocycles. The lowest BCUT2D eigenvalue weighted by Gasteiger charge is -2.21. The fourth-order valence-electron chi connectivity index (χ4n) is 2.64. The van der Waals surface area contributed by atoms with Gasteiger partial charge in [-0.1, -0.05) is 26.7 Å². The molecule has 1 aromatic rings. The van der Waals surface area contributed by atoms with E-state index in [1.807, 2.05) is 18.2 Å². The third-order valence-corrected chi connectivity index (χ3v) is 6.51. The van der Waals surface area contributed by atoms with Crippen molar-refractivity contribution in [3.63, 3.8) is 0 Å². The number of benzene rings is 1. The molecule has 2 atom stereocenters. The fraction of sp³-hybridized carbons (Fsp3) is 0.714. The highest BCUT2D eigenvalue weighted by molar-refractivity contribution is 7.53. The van der Waals surface area contributed by atoms with Gasteiger partial charge in [0.2, 0.25) is 0 Å². The summed E-state index contributed by atoms with van der Waals surface area (Å²) in [4.78, 5) is 0. The molecule has 7 nitrogen and oxygen atoms in total. The number of rotatable bonds is 16. The van der Waals surface area contributed by atoms with Gasteiger partial charge in [-0.25, -0.2) is 0 Å². The van der Waals surface area contributed by atoms with Crippen LogP contribution in [0.15, 0.2) is 18.2 Å². The maximum Gasteiger partial charge on any atom is 0.335 e. The average molecular weight is 428 g/mol. The van der Waals surface area contributed by atoms with E-state index in [1.165, 1.54) is 0 Å². The maximum atomic E-state index is 13.4. The molecule has 2 fully saturated rings. The van der Waals surface area contributed by atoms with Crippen molar-refractivity contribution in [2.45, 2.75) is 57.9 Å². The Hall–Kier alpha value is -1.11. The third kappa shape index (κ3) is 8.27. The van der Waals surface area contributed by atoms with Crippen LogP contribution in [0.1, 0.15) is 45.1 Å². The van der Waals surface area contributed by atoms with Crippen molar-refractivity contribution in [2.24, 2.45) is 0 Å². The van der Waals surface area contributed by atoms with Crippen LogP contribution in [0, 0.1) is 0 Å². The highest BCUT2D eigenvalue weighted by atomic mass is 31.2. The molecule has 2 aliphatic rings. The van der Waals surface area contributed by atoms with Gasteiger partial charge in [-0.05, 0) is 31.0 Å². The van der Waals surface area contributed by atoms with Gasteiger partial charge in [-0.3, -0.25) is 4.57 Å². The molecule has 8 heteroatoms. The SMILES string of the molecule is CCCCOP(=O)(Cc1cc(OCC2CO2)ccc1OCC1CO1)OCCCC. The van der Waals surface area contributed by atoms with Crippen LogP contribution in [0.5, 0.6) is 11.5 Å². The summed E-state index contributed by atoms with van der Waals surface area (Å²) in [6.45, 7) is 7.42. The second-order valence-electron chi connectivity index (χ2n) is 7.44. The van der Waals surface area contributed by atoms with Crippen molar-refractivity contribution in [2.75, 3.05) is 39.6 Å². The van der Waals surface area contributed by atoms with Gasteiger partial charge in [0, 0.05) is 5.56 Å². The largest absolute Gasteiger partial charge is 0.491 e. The summed E-state index contributed by atoms with van der Waals surface area (Å²) < 4.78 is 47.1. The summed E-state index contributed by atoms with van der Waals surface area (Å²) in [7, 11) is -3.30. The Bertz CT molecular complexity index is 659. The molecule has 1 aromatic carbocycles. The molecule has 2 saturated heterocycles. The fourth-order valence-corrected chi connectivity index (χ4v) is 4.38. The second-order valence-corrected chi connectivity index (χ2v) is 9.50. The molecule has 2 unspecified atom stereocenters. The third-order valence-electron chi connectivity index (χ3n) is 4.63. The Morgan fingerprint density at radius 1 is 0.966 bits per heavy atom. The van der Waals surface area contributed by atoms with Gasteiger partial charge in [0.15, 0.2) is 0 Å². The molecule has 0 aromatic heterocycles. The first-order valence-electron chi connectivity index (χ1n) is 10.6. The standard InChI is InChI=1S/C21H33O7P/c1-3-5-9-27-29(22,28-10-6-4-2)16-17-11-18(23-12-19-13-24-19)7-8-21(17)26-15-20-14-25-20/h7-8,11,19-20H,3-6,9-10,12-16H2,1-2H3. The number of hydrogen-bond acceptors (Lipinski definition) is 7. The molecule has 3 rings (SSSR count). The highest BCUT2D eigenvalue weighted by Crippen LogP contribution is 2.53. The molecular weight excluding hydrogens is 395 g/mol. The monoisotopic (exact) mass is 428 g/mol. The first-order valence-corrected chi connectivity index (χ1v) is 12.3. The number of ether oxygens (including phenoxy) is 4. The Balaban J connectivity index is 1.71. The molecule has 164 valence electrons. The number of hydrogen-bond donors (Lipinski definition) is 0. The minimum absolute atomic E-state index is 0.138. The van der Waals surface area contributed by atoms with Gasteiger partial charge >= 0.3 is 7.60 Å². The zero-order chi connectivity index (χ0) is 20.5. The Labute approximate surface area is 173 Å². The lowest BCUT2D eigenvalue weighted by molar-refractivity contribution is 0.198. The van der Waals surface area contributed by atoms with Crippen molar-refractivity contribution < 1.29 is 32.6 Å². The lowest BCUT2D eigenvalue weighted by Crippen LogP contribution is -2.09. The highest BCUT2D eigenvalue weighted by Gasteiger charge is 2.29. The van der Waals surface area contributed by atoms with E-state index in [2.05, 4.69) is 13.8 Å². The second kappa shape index (κ2) is 11.3. The molecule has 29 heavy (non-hydrogen) atoms. The van der Waals surface area contributed by atoms with Gasteiger partial charge in [0.05, 0.1) is 32.6 Å². The van der Waals surface area contributed by atoms with Crippen LogP contribution in [0.4, 0.5) is 0 Å². The first-order chi connectivity index (χ1) is 14.1. The predicted molar refractivity (Wildman–Crippen MR) is 110 cm³/mol. The predicted octanol–water partition coefficient (Wildman–Crippen LogP) is 4.57. The Morgan fingerprint density at radius 3 is 2.10 bits per heavy atom. The molecule has 0 aliphatic carbocycles. The van der Waals surface area contributed by atoms with Crippen LogP contribution in [0.3, 0.4) is 0 Å². The molecule has 2 heterocycles. The van der Waals surface area contributed by atoms with E-state index >= 15 is 0 Å². The quantitative estimate of drug-likeness (QED) is 0.217. The van der Waals surface area contributed by atoms with Crippen LogP contribution in [0.25, 0.3) is 0 Å². The summed E-state index contributed by atoms with van der Waals surface area (Å²) in [6.07, 6.45) is 4.08. The van der Waals surface area contributed by atoms with Crippen molar-refractivity contribution >= 4 is 7.60 Å². The van der Waals surface area contributed by atoms with Crippen molar-refractivity contribution in [3.8, 4) is 11.5 Å². The maximum absolute atomic E-state index is 13.4. The van der Waals surface area contributed by atoms with E-state index < -0.39 is 7.60 Å². The number of epoxide rings is 2. The van der Waals surface area contributed by atoms with Gasteiger partial charge < -0.3 is 28.0 Å². The molecular formula is C21H33O7P. The molecule has 0 saturated carbocycles. The summed E-state index contributed by atoms with van der Waals surface area (Å²) in [5.74, 6) is 1.35. The van der Waals surface area contributed by atoms with E-state index in [9.17, 15) is 4.57 Å². The van der Waals surface area contributed by atoms with Gasteiger partial charge in [-0.15, -0.1) is 0 Å². The van der Waals surface area contributed by atoms with Crippen LogP contribution in [-0.4, -0.2) is 51.8 Å². The van der Waals surface area contributed by atoms with E-state index in [-0.39, 0.29) is 18.4 Å². The van der Waals surface area contributed by atoms with Gasteiger partial charge in [0.1, 0.15) is 36.9 Å². The average Bonchev–Trinajstić information content (AvgIpc) is 3.61. The van der Waals surface area contributed by atoms with Crippen LogP contribution in [-0.2, 0) is 29.2 Å². The molecule has 0 spiro atoms. The minimum Gasteiger partial charge on any atom is -0.491 e.